The predicted octanol–water partition coefficient (Wildman–Crippen LogP) is 3.77. The Morgan fingerprint density at radius 3 is 2.89 bits per heavy atom. The van der Waals surface area contributed by atoms with Gasteiger partial charge in [-0.05, 0) is 18.2 Å². The van der Waals surface area contributed by atoms with Gasteiger partial charge >= 0.3 is 5.97 Å². The van der Waals surface area contributed by atoms with Crippen molar-refractivity contribution in [3.8, 4) is 0 Å². The molecule has 100 valence electrons. The third kappa shape index (κ3) is 4.24. The van der Waals surface area contributed by atoms with Gasteiger partial charge in [-0.15, -0.1) is 10.2 Å². The lowest BCUT2D eigenvalue weighted by molar-refractivity contribution is -0.133. The van der Waals surface area contributed by atoms with E-state index < -0.39 is 5.97 Å². The molecule has 2 N–H and O–H groups in total. The van der Waals surface area contributed by atoms with Crippen molar-refractivity contribution in [2.45, 2.75) is 4.34 Å². The smallest absolute Gasteiger partial charge is 0.313 e. The zero-order valence-electron chi connectivity index (χ0n) is 9.26. The number of thioether (sulfide) groups is 1. The van der Waals surface area contributed by atoms with E-state index in [-0.39, 0.29) is 5.75 Å². The third-order valence-corrected chi connectivity index (χ3v) is 4.40. The molecule has 1 aromatic heterocycles. The molecule has 0 saturated heterocycles. The Morgan fingerprint density at radius 1 is 1.42 bits per heavy atom. The van der Waals surface area contributed by atoms with Crippen LogP contribution in [-0.2, 0) is 4.79 Å². The van der Waals surface area contributed by atoms with Crippen molar-refractivity contribution in [1.82, 2.24) is 10.2 Å². The number of carbonyl (C=O) groups is 1. The molecule has 0 unspecified atom stereocenters. The molecule has 0 atom stereocenters. The third-order valence-electron chi connectivity index (χ3n) is 1.90. The van der Waals surface area contributed by atoms with Crippen LogP contribution in [0.2, 0.25) is 10.0 Å². The van der Waals surface area contributed by atoms with Crippen molar-refractivity contribution in [3.63, 3.8) is 0 Å². The molecule has 2 aromatic rings. The summed E-state index contributed by atoms with van der Waals surface area (Å²) >= 11 is 14.2. The van der Waals surface area contributed by atoms with Crippen LogP contribution in [0.5, 0.6) is 0 Å². The van der Waals surface area contributed by atoms with Gasteiger partial charge in [-0.2, -0.15) is 0 Å². The minimum absolute atomic E-state index is 0.0453. The van der Waals surface area contributed by atoms with E-state index in [4.69, 9.17) is 28.3 Å². The highest BCUT2D eigenvalue weighted by Crippen LogP contribution is 2.31. The molecule has 1 heterocycles. The first-order valence-electron chi connectivity index (χ1n) is 4.95. The van der Waals surface area contributed by atoms with E-state index in [0.717, 1.165) is 11.8 Å². The molecule has 0 bridgehead atoms. The molecule has 0 amide bonds. The second kappa shape index (κ2) is 6.42. The van der Waals surface area contributed by atoms with Gasteiger partial charge in [-0.25, -0.2) is 0 Å². The molecule has 9 heteroatoms. The number of rotatable bonds is 5. The molecule has 0 radical (unpaired) electrons. The Bertz CT molecular complexity index is 606. The Hall–Kier alpha value is -1.02. The van der Waals surface area contributed by atoms with Crippen LogP contribution in [0.15, 0.2) is 22.5 Å². The average Bonchev–Trinajstić information content (AvgIpc) is 2.78. The maximum absolute atomic E-state index is 10.4. The van der Waals surface area contributed by atoms with Gasteiger partial charge in [-0.1, -0.05) is 46.3 Å². The Balaban J connectivity index is 2.05. The highest BCUT2D eigenvalue weighted by molar-refractivity contribution is 8.01. The fourth-order valence-electron chi connectivity index (χ4n) is 1.15. The van der Waals surface area contributed by atoms with Crippen LogP contribution in [0, 0.1) is 0 Å². The highest BCUT2D eigenvalue weighted by Gasteiger charge is 2.09. The van der Waals surface area contributed by atoms with E-state index in [1.807, 2.05) is 0 Å². The van der Waals surface area contributed by atoms with Crippen LogP contribution in [0.4, 0.5) is 10.8 Å². The topological polar surface area (TPSA) is 75.1 Å². The molecule has 0 spiro atoms. The van der Waals surface area contributed by atoms with Gasteiger partial charge in [0, 0.05) is 5.02 Å². The molecule has 0 aliphatic rings. The maximum Gasteiger partial charge on any atom is 0.313 e. The lowest BCUT2D eigenvalue weighted by Crippen LogP contribution is -1.96. The number of carboxylic acid groups (broad SMARTS) is 1. The summed E-state index contributed by atoms with van der Waals surface area (Å²) in [4.78, 5) is 10.4. The summed E-state index contributed by atoms with van der Waals surface area (Å²) in [5.41, 5.74) is 0.664. The lowest BCUT2D eigenvalue weighted by Gasteiger charge is -2.04. The fraction of sp³-hybridized carbons (Fsp3) is 0.100. The highest BCUT2D eigenvalue weighted by atomic mass is 35.5. The van der Waals surface area contributed by atoms with Crippen molar-refractivity contribution < 1.29 is 9.90 Å². The van der Waals surface area contributed by atoms with E-state index in [2.05, 4.69) is 15.5 Å². The fourth-order valence-corrected chi connectivity index (χ4v) is 3.09. The monoisotopic (exact) mass is 335 g/mol. The van der Waals surface area contributed by atoms with Crippen LogP contribution in [-0.4, -0.2) is 27.0 Å². The van der Waals surface area contributed by atoms with Gasteiger partial charge in [0.1, 0.15) is 0 Å². The number of nitrogens with zero attached hydrogens (tertiary/aromatic N) is 2. The minimum Gasteiger partial charge on any atom is -0.481 e. The Labute approximate surface area is 127 Å². The first-order chi connectivity index (χ1) is 9.04. The molecule has 5 nitrogen and oxygen atoms in total. The Kier molecular flexibility index (Phi) is 4.87. The number of aliphatic carboxylic acids is 1. The number of aromatic nitrogens is 2. The van der Waals surface area contributed by atoms with E-state index in [9.17, 15) is 4.79 Å². The largest absolute Gasteiger partial charge is 0.481 e. The zero-order chi connectivity index (χ0) is 13.8. The number of benzene rings is 1. The van der Waals surface area contributed by atoms with Crippen LogP contribution in [0.25, 0.3) is 0 Å². The van der Waals surface area contributed by atoms with Crippen molar-refractivity contribution in [2.24, 2.45) is 0 Å². The van der Waals surface area contributed by atoms with Gasteiger partial charge in [0.05, 0.1) is 16.5 Å². The van der Waals surface area contributed by atoms with Gasteiger partial charge in [-0.3, -0.25) is 4.79 Å². The van der Waals surface area contributed by atoms with Crippen LogP contribution in [0.3, 0.4) is 0 Å². The average molecular weight is 336 g/mol. The predicted molar refractivity (Wildman–Crippen MR) is 78.0 cm³/mol. The first kappa shape index (κ1) is 14.4. The van der Waals surface area contributed by atoms with Gasteiger partial charge in [0.2, 0.25) is 5.13 Å². The molecule has 0 aliphatic carbocycles. The Morgan fingerprint density at radius 2 is 2.21 bits per heavy atom. The number of carboxylic acids is 1. The van der Waals surface area contributed by atoms with E-state index in [0.29, 0.717) is 25.2 Å². The molecule has 1 aromatic carbocycles. The molecule has 19 heavy (non-hydrogen) atoms. The second-order valence-corrected chi connectivity index (χ2v) is 6.35. The summed E-state index contributed by atoms with van der Waals surface area (Å²) in [7, 11) is 0. The molecule has 0 aliphatic heterocycles. The number of nitrogens with one attached hydrogen (secondary N) is 1. The number of hydrogen-bond donors (Lipinski definition) is 2. The van der Waals surface area contributed by atoms with Crippen molar-refractivity contribution in [2.75, 3.05) is 11.1 Å². The van der Waals surface area contributed by atoms with Gasteiger partial charge in [0.15, 0.2) is 4.34 Å². The molecule has 0 saturated carbocycles. The van der Waals surface area contributed by atoms with Gasteiger partial charge < -0.3 is 10.4 Å². The molecular formula is C10H7Cl2N3O2S2. The van der Waals surface area contributed by atoms with Crippen LogP contribution < -0.4 is 5.32 Å². The summed E-state index contributed by atoms with van der Waals surface area (Å²) < 4.78 is 0.579. The summed E-state index contributed by atoms with van der Waals surface area (Å²) in [6.45, 7) is 0. The minimum atomic E-state index is -0.893. The summed E-state index contributed by atoms with van der Waals surface area (Å²) in [6, 6.07) is 5.06. The van der Waals surface area contributed by atoms with E-state index >= 15 is 0 Å². The SMILES string of the molecule is O=C(O)CSc1nnc(Nc2ccc(Cl)cc2Cl)s1. The summed E-state index contributed by atoms with van der Waals surface area (Å²) in [5.74, 6) is -0.938. The van der Waals surface area contributed by atoms with Crippen molar-refractivity contribution >= 4 is 63.1 Å². The first-order valence-corrected chi connectivity index (χ1v) is 7.50. The van der Waals surface area contributed by atoms with Crippen LogP contribution in [0.1, 0.15) is 0 Å². The van der Waals surface area contributed by atoms with Gasteiger partial charge in [0.25, 0.3) is 0 Å². The maximum atomic E-state index is 10.4. The number of anilines is 2. The normalized spacial score (nSPS) is 10.4. The zero-order valence-corrected chi connectivity index (χ0v) is 12.4. The lowest BCUT2D eigenvalue weighted by atomic mass is 10.3. The van der Waals surface area contributed by atoms with Crippen LogP contribution >= 0.6 is 46.3 Å². The summed E-state index contributed by atoms with van der Waals surface area (Å²) in [5, 5.41) is 20.9. The molecule has 0 fully saturated rings. The van der Waals surface area contributed by atoms with E-state index in [1.165, 1.54) is 11.3 Å². The standard InChI is InChI=1S/C10H7Cl2N3O2S2/c11-5-1-2-7(6(12)3-5)13-9-14-15-10(19-9)18-4-8(16)17/h1-3H,4H2,(H,13,14)(H,16,17). The van der Waals surface area contributed by atoms with E-state index in [1.54, 1.807) is 18.2 Å². The van der Waals surface area contributed by atoms with Crippen molar-refractivity contribution in [1.29, 1.82) is 0 Å². The molecule has 2 rings (SSSR count). The van der Waals surface area contributed by atoms with Crippen molar-refractivity contribution in [3.05, 3.63) is 28.2 Å². The second-order valence-electron chi connectivity index (χ2n) is 3.30. The number of halogens is 2. The number of hydrogen-bond acceptors (Lipinski definition) is 6. The summed E-state index contributed by atoms with van der Waals surface area (Å²) in [6.07, 6.45) is 0. The quantitative estimate of drug-likeness (QED) is 0.810. The molecular weight excluding hydrogens is 329 g/mol.